The van der Waals surface area contributed by atoms with Gasteiger partial charge in [0.05, 0.1) is 5.69 Å². The number of aromatic nitrogens is 2. The highest BCUT2D eigenvalue weighted by Gasteiger charge is 2.11. The number of aryl methyl sites for hydroxylation is 2. The Morgan fingerprint density at radius 1 is 1.12 bits per heavy atom. The highest BCUT2D eigenvalue weighted by atomic mass is 15.2. The molecular weight excluding hydrogens is 212 g/mol. The summed E-state index contributed by atoms with van der Waals surface area (Å²) in [4.78, 5) is 2.10. The predicted molar refractivity (Wildman–Crippen MR) is 72.2 cm³/mol. The maximum Gasteiger partial charge on any atom is 0.145 e. The molecule has 2 aromatic rings. The molecule has 0 saturated carbocycles. The van der Waals surface area contributed by atoms with Crippen LogP contribution in [-0.4, -0.2) is 24.3 Å². The molecule has 4 heteroatoms. The third-order valence-electron chi connectivity index (χ3n) is 2.98. The van der Waals surface area contributed by atoms with E-state index >= 15 is 0 Å². The summed E-state index contributed by atoms with van der Waals surface area (Å²) in [7, 11) is 4.07. The van der Waals surface area contributed by atoms with Crippen molar-refractivity contribution in [1.82, 2.24) is 10.2 Å². The molecule has 3 N–H and O–H groups in total. The third kappa shape index (κ3) is 2.11. The zero-order valence-corrected chi connectivity index (χ0v) is 10.7. The van der Waals surface area contributed by atoms with E-state index < -0.39 is 0 Å². The first-order valence-corrected chi connectivity index (χ1v) is 5.59. The molecule has 0 unspecified atom stereocenters. The molecule has 0 aliphatic carbocycles. The van der Waals surface area contributed by atoms with Gasteiger partial charge in [0.1, 0.15) is 5.82 Å². The largest absolute Gasteiger partial charge is 0.382 e. The summed E-state index contributed by atoms with van der Waals surface area (Å²) in [6.07, 6.45) is 0. The van der Waals surface area contributed by atoms with Gasteiger partial charge in [0.2, 0.25) is 0 Å². The number of nitrogens with two attached hydrogens (primary N) is 1. The first-order valence-electron chi connectivity index (χ1n) is 5.59. The first kappa shape index (κ1) is 11.5. The minimum absolute atomic E-state index is 0.517. The summed E-state index contributed by atoms with van der Waals surface area (Å²) >= 11 is 0. The molecule has 0 amide bonds. The lowest BCUT2D eigenvalue weighted by molar-refractivity contribution is 1.09. The average molecular weight is 230 g/mol. The van der Waals surface area contributed by atoms with Crippen LogP contribution >= 0.6 is 0 Å². The number of anilines is 2. The summed E-state index contributed by atoms with van der Waals surface area (Å²) in [5.74, 6) is 0.517. The first-order chi connectivity index (χ1) is 7.99. The number of aromatic amines is 1. The monoisotopic (exact) mass is 230 g/mol. The topological polar surface area (TPSA) is 57.9 Å². The summed E-state index contributed by atoms with van der Waals surface area (Å²) in [5, 5.41) is 6.94. The smallest absolute Gasteiger partial charge is 0.145 e. The fraction of sp³-hybridized carbons (Fsp3) is 0.308. The van der Waals surface area contributed by atoms with Crippen LogP contribution in [0.15, 0.2) is 18.2 Å². The van der Waals surface area contributed by atoms with Crippen molar-refractivity contribution >= 4 is 11.5 Å². The van der Waals surface area contributed by atoms with Crippen molar-refractivity contribution in [3.63, 3.8) is 0 Å². The lowest BCUT2D eigenvalue weighted by Gasteiger charge is -2.18. The summed E-state index contributed by atoms with van der Waals surface area (Å²) in [6, 6.07) is 6.20. The van der Waals surface area contributed by atoms with Gasteiger partial charge in [-0.05, 0) is 37.1 Å². The molecule has 0 fully saturated rings. The van der Waals surface area contributed by atoms with E-state index in [1.165, 1.54) is 11.1 Å². The molecule has 2 rings (SSSR count). The maximum absolute atomic E-state index is 5.65. The van der Waals surface area contributed by atoms with Crippen LogP contribution in [0.4, 0.5) is 11.5 Å². The van der Waals surface area contributed by atoms with E-state index in [-0.39, 0.29) is 0 Å². The molecule has 0 spiro atoms. The minimum atomic E-state index is 0.517. The highest BCUT2D eigenvalue weighted by molar-refractivity contribution is 5.78. The molecule has 1 heterocycles. The average Bonchev–Trinajstić information content (AvgIpc) is 2.68. The van der Waals surface area contributed by atoms with Crippen LogP contribution in [0.25, 0.3) is 11.3 Å². The summed E-state index contributed by atoms with van der Waals surface area (Å²) in [6.45, 7) is 4.23. The minimum Gasteiger partial charge on any atom is -0.382 e. The Morgan fingerprint density at radius 3 is 2.29 bits per heavy atom. The fourth-order valence-electron chi connectivity index (χ4n) is 1.86. The molecule has 0 aliphatic rings. The van der Waals surface area contributed by atoms with E-state index in [4.69, 9.17) is 5.73 Å². The van der Waals surface area contributed by atoms with Crippen LogP contribution in [-0.2, 0) is 0 Å². The van der Waals surface area contributed by atoms with E-state index in [0.29, 0.717) is 5.82 Å². The number of H-pyrrole nitrogens is 1. The van der Waals surface area contributed by atoms with Crippen molar-refractivity contribution in [2.24, 2.45) is 0 Å². The Labute approximate surface area is 101 Å². The number of nitrogen functional groups attached to an aromatic ring is 1. The zero-order chi connectivity index (χ0) is 12.6. The van der Waals surface area contributed by atoms with Crippen LogP contribution in [0, 0.1) is 13.8 Å². The molecule has 0 radical (unpaired) electrons. The molecule has 90 valence electrons. The molecule has 1 aromatic heterocycles. The van der Waals surface area contributed by atoms with Gasteiger partial charge in [0.15, 0.2) is 0 Å². The Bertz CT molecular complexity index is 540. The van der Waals surface area contributed by atoms with Gasteiger partial charge in [-0.3, -0.25) is 5.10 Å². The molecule has 0 aliphatic heterocycles. The Morgan fingerprint density at radius 2 is 1.76 bits per heavy atom. The number of rotatable bonds is 2. The van der Waals surface area contributed by atoms with Crippen molar-refractivity contribution in [3.05, 3.63) is 29.3 Å². The van der Waals surface area contributed by atoms with E-state index in [0.717, 1.165) is 16.9 Å². The predicted octanol–water partition coefficient (Wildman–Crippen LogP) is 2.34. The second-order valence-corrected chi connectivity index (χ2v) is 4.55. The number of nitrogens with zero attached hydrogens (tertiary/aromatic N) is 2. The second-order valence-electron chi connectivity index (χ2n) is 4.55. The second kappa shape index (κ2) is 4.13. The van der Waals surface area contributed by atoms with Gasteiger partial charge in [-0.25, -0.2) is 0 Å². The molecule has 0 saturated heterocycles. The fourth-order valence-corrected chi connectivity index (χ4v) is 1.86. The van der Waals surface area contributed by atoms with Gasteiger partial charge in [-0.15, -0.1) is 0 Å². The maximum atomic E-state index is 5.65. The van der Waals surface area contributed by atoms with Crippen LogP contribution in [0.1, 0.15) is 11.1 Å². The van der Waals surface area contributed by atoms with Crippen LogP contribution < -0.4 is 10.6 Å². The third-order valence-corrected chi connectivity index (χ3v) is 2.98. The molecular formula is C13H18N4. The zero-order valence-electron chi connectivity index (χ0n) is 10.7. The summed E-state index contributed by atoms with van der Waals surface area (Å²) in [5.41, 5.74) is 11.4. The van der Waals surface area contributed by atoms with Gasteiger partial charge in [0.25, 0.3) is 0 Å². The van der Waals surface area contributed by atoms with Gasteiger partial charge in [-0.2, -0.15) is 5.10 Å². The quantitative estimate of drug-likeness (QED) is 0.832. The van der Waals surface area contributed by atoms with E-state index in [9.17, 15) is 0 Å². The van der Waals surface area contributed by atoms with Crippen molar-refractivity contribution in [3.8, 4) is 11.3 Å². The van der Waals surface area contributed by atoms with E-state index in [1.54, 1.807) is 0 Å². The molecule has 0 bridgehead atoms. The lowest BCUT2D eigenvalue weighted by Crippen LogP contribution is -2.10. The van der Waals surface area contributed by atoms with Gasteiger partial charge in [0, 0.05) is 31.4 Å². The van der Waals surface area contributed by atoms with Crippen LogP contribution in [0.5, 0.6) is 0 Å². The van der Waals surface area contributed by atoms with Crippen LogP contribution in [0.2, 0.25) is 0 Å². The van der Waals surface area contributed by atoms with Crippen molar-refractivity contribution in [2.75, 3.05) is 24.7 Å². The number of hydrogen-bond acceptors (Lipinski definition) is 3. The van der Waals surface area contributed by atoms with Gasteiger partial charge >= 0.3 is 0 Å². The standard InChI is InChI=1S/C13H18N4/c1-8-5-10(11-7-13(14)16-15-11)12(17(3)4)6-9(8)2/h5-7H,1-4H3,(H3,14,15,16). The Balaban J connectivity index is 2.63. The SMILES string of the molecule is Cc1cc(-c2cc(N)n[nH]2)c(N(C)C)cc1C. The van der Waals surface area contributed by atoms with Crippen molar-refractivity contribution in [2.45, 2.75) is 13.8 Å². The lowest BCUT2D eigenvalue weighted by atomic mass is 10.0. The Kier molecular flexibility index (Phi) is 2.79. The van der Waals surface area contributed by atoms with Crippen molar-refractivity contribution in [1.29, 1.82) is 0 Å². The van der Waals surface area contributed by atoms with Crippen LogP contribution in [0.3, 0.4) is 0 Å². The van der Waals surface area contributed by atoms with Gasteiger partial charge in [-0.1, -0.05) is 0 Å². The van der Waals surface area contributed by atoms with E-state index in [2.05, 4.69) is 41.1 Å². The van der Waals surface area contributed by atoms with Gasteiger partial charge < -0.3 is 10.6 Å². The molecule has 17 heavy (non-hydrogen) atoms. The number of hydrogen-bond donors (Lipinski definition) is 2. The molecule has 4 nitrogen and oxygen atoms in total. The normalized spacial score (nSPS) is 10.6. The van der Waals surface area contributed by atoms with E-state index in [1.807, 2.05) is 20.2 Å². The molecule has 1 aromatic carbocycles. The Hall–Kier alpha value is -1.97. The van der Waals surface area contributed by atoms with Crippen molar-refractivity contribution < 1.29 is 0 Å². The number of benzene rings is 1. The number of nitrogens with one attached hydrogen (secondary N) is 1. The summed E-state index contributed by atoms with van der Waals surface area (Å²) < 4.78 is 0. The highest BCUT2D eigenvalue weighted by Crippen LogP contribution is 2.31. The molecule has 0 atom stereocenters.